The lowest BCUT2D eigenvalue weighted by molar-refractivity contribution is 0.0777. The smallest absolute Gasteiger partial charge is 0.264 e. The predicted octanol–water partition coefficient (Wildman–Crippen LogP) is 3.69. The molecule has 2 rings (SSSR count). The molecule has 0 N–H and O–H groups in total. The normalized spacial score (nSPS) is 10.8. The van der Waals surface area contributed by atoms with E-state index in [2.05, 4.69) is 12.1 Å². The van der Waals surface area contributed by atoms with Crippen LogP contribution in [-0.2, 0) is 0 Å². The van der Waals surface area contributed by atoms with Crippen molar-refractivity contribution in [2.24, 2.45) is 0 Å². The molecule has 17 heavy (non-hydrogen) atoms. The lowest BCUT2D eigenvalue weighted by atomic mass is 10.1. The number of thiophene rings is 1. The highest BCUT2D eigenvalue weighted by atomic mass is 32.1. The third-order valence-corrected chi connectivity index (χ3v) is 4.35. The first-order valence-corrected chi connectivity index (χ1v) is 6.78. The third kappa shape index (κ3) is 2.07. The predicted molar refractivity (Wildman–Crippen MR) is 73.8 cm³/mol. The summed E-state index contributed by atoms with van der Waals surface area (Å²) in [5.74, 6) is 0.161. The number of nitrogens with zero attached hydrogens (tertiary/aromatic N) is 1. The van der Waals surface area contributed by atoms with Gasteiger partial charge in [0.1, 0.15) is 0 Å². The summed E-state index contributed by atoms with van der Waals surface area (Å²) in [7, 11) is 0. The van der Waals surface area contributed by atoms with Crippen molar-refractivity contribution >= 4 is 27.3 Å². The second-order valence-corrected chi connectivity index (χ2v) is 5.08. The van der Waals surface area contributed by atoms with E-state index < -0.39 is 0 Å². The molecule has 3 heteroatoms. The van der Waals surface area contributed by atoms with Crippen molar-refractivity contribution in [2.75, 3.05) is 13.1 Å². The van der Waals surface area contributed by atoms with Crippen LogP contribution in [0, 0.1) is 6.92 Å². The van der Waals surface area contributed by atoms with Crippen molar-refractivity contribution in [3.8, 4) is 0 Å². The van der Waals surface area contributed by atoms with Gasteiger partial charge in [0.2, 0.25) is 0 Å². The second-order valence-electron chi connectivity index (χ2n) is 4.03. The van der Waals surface area contributed by atoms with Gasteiger partial charge in [0.25, 0.3) is 5.91 Å². The molecule has 2 nitrogen and oxygen atoms in total. The van der Waals surface area contributed by atoms with E-state index in [1.165, 1.54) is 10.1 Å². The standard InChI is InChI=1S/C14H17NOS/c1-4-15(5-2)14(16)13-10(3)11-8-6-7-9-12(11)17-13/h6-9H,4-5H2,1-3H3. The fourth-order valence-corrected chi connectivity index (χ4v) is 3.21. The zero-order valence-corrected chi connectivity index (χ0v) is 11.3. The highest BCUT2D eigenvalue weighted by molar-refractivity contribution is 7.21. The van der Waals surface area contributed by atoms with Gasteiger partial charge < -0.3 is 4.90 Å². The molecule has 1 heterocycles. The van der Waals surface area contributed by atoms with Crippen LogP contribution in [0.5, 0.6) is 0 Å². The summed E-state index contributed by atoms with van der Waals surface area (Å²) in [4.78, 5) is 15.1. The molecule has 2 aromatic rings. The van der Waals surface area contributed by atoms with Gasteiger partial charge in [-0.1, -0.05) is 18.2 Å². The molecule has 0 radical (unpaired) electrons. The molecule has 0 atom stereocenters. The number of carbonyl (C=O) groups excluding carboxylic acids is 1. The van der Waals surface area contributed by atoms with Gasteiger partial charge in [0, 0.05) is 17.8 Å². The van der Waals surface area contributed by atoms with E-state index in [-0.39, 0.29) is 5.91 Å². The molecule has 0 saturated carbocycles. The number of hydrogen-bond donors (Lipinski definition) is 0. The fourth-order valence-electron chi connectivity index (χ4n) is 2.03. The minimum absolute atomic E-state index is 0.161. The highest BCUT2D eigenvalue weighted by Gasteiger charge is 2.18. The minimum atomic E-state index is 0.161. The summed E-state index contributed by atoms with van der Waals surface area (Å²) < 4.78 is 1.19. The number of aryl methyl sites for hydroxylation is 1. The first-order chi connectivity index (χ1) is 8.19. The van der Waals surface area contributed by atoms with E-state index in [0.29, 0.717) is 0 Å². The summed E-state index contributed by atoms with van der Waals surface area (Å²) >= 11 is 1.60. The maximum Gasteiger partial charge on any atom is 0.264 e. The summed E-state index contributed by atoms with van der Waals surface area (Å²) in [6.07, 6.45) is 0. The number of hydrogen-bond acceptors (Lipinski definition) is 2. The summed E-state index contributed by atoms with van der Waals surface area (Å²) in [6, 6.07) is 8.20. The third-order valence-electron chi connectivity index (χ3n) is 3.09. The molecule has 0 spiro atoms. The van der Waals surface area contributed by atoms with Crippen LogP contribution in [0.15, 0.2) is 24.3 Å². The molecular formula is C14H17NOS. The summed E-state index contributed by atoms with van der Waals surface area (Å²) in [5.41, 5.74) is 1.11. The Kier molecular flexibility index (Phi) is 3.48. The molecule has 0 aliphatic carbocycles. The van der Waals surface area contributed by atoms with Gasteiger partial charge in [-0.3, -0.25) is 4.79 Å². The maximum atomic E-state index is 12.3. The maximum absolute atomic E-state index is 12.3. The van der Waals surface area contributed by atoms with Gasteiger partial charge in [0.05, 0.1) is 4.88 Å². The molecular weight excluding hydrogens is 230 g/mol. The Bertz CT molecular complexity index is 540. The minimum Gasteiger partial charge on any atom is -0.339 e. The van der Waals surface area contributed by atoms with E-state index in [9.17, 15) is 4.79 Å². The molecule has 1 aromatic heterocycles. The van der Waals surface area contributed by atoms with Crippen molar-refractivity contribution in [2.45, 2.75) is 20.8 Å². The summed E-state index contributed by atoms with van der Waals surface area (Å²) in [5, 5.41) is 1.20. The highest BCUT2D eigenvalue weighted by Crippen LogP contribution is 2.31. The van der Waals surface area contributed by atoms with E-state index in [1.54, 1.807) is 11.3 Å². The van der Waals surface area contributed by atoms with Crippen LogP contribution in [0.25, 0.3) is 10.1 Å². The molecule has 0 fully saturated rings. The lowest BCUT2D eigenvalue weighted by Gasteiger charge is -2.17. The van der Waals surface area contributed by atoms with Crippen LogP contribution in [0.3, 0.4) is 0 Å². The second kappa shape index (κ2) is 4.88. The Morgan fingerprint density at radius 2 is 1.88 bits per heavy atom. The molecule has 0 aliphatic heterocycles. The van der Waals surface area contributed by atoms with E-state index >= 15 is 0 Å². The summed E-state index contributed by atoms with van der Waals surface area (Å²) in [6.45, 7) is 7.61. The van der Waals surface area contributed by atoms with Crippen LogP contribution in [0.4, 0.5) is 0 Å². The largest absolute Gasteiger partial charge is 0.339 e. The van der Waals surface area contributed by atoms with Crippen LogP contribution in [0.1, 0.15) is 29.1 Å². The van der Waals surface area contributed by atoms with Gasteiger partial charge in [0.15, 0.2) is 0 Å². The first kappa shape index (κ1) is 12.1. The Balaban J connectivity index is 2.49. The number of benzene rings is 1. The number of carbonyl (C=O) groups is 1. The van der Waals surface area contributed by atoms with Crippen molar-refractivity contribution < 1.29 is 4.79 Å². The topological polar surface area (TPSA) is 20.3 Å². The Morgan fingerprint density at radius 1 is 1.24 bits per heavy atom. The average molecular weight is 247 g/mol. The molecule has 90 valence electrons. The van der Waals surface area contributed by atoms with Crippen molar-refractivity contribution in [1.82, 2.24) is 4.90 Å². The molecule has 1 aromatic carbocycles. The number of amides is 1. The van der Waals surface area contributed by atoms with Gasteiger partial charge in [-0.2, -0.15) is 0 Å². The van der Waals surface area contributed by atoms with Crippen molar-refractivity contribution in [3.05, 3.63) is 34.7 Å². The zero-order chi connectivity index (χ0) is 12.4. The quantitative estimate of drug-likeness (QED) is 0.810. The van der Waals surface area contributed by atoms with Gasteiger partial charge in [-0.25, -0.2) is 0 Å². The van der Waals surface area contributed by atoms with Crippen LogP contribution in [-0.4, -0.2) is 23.9 Å². The molecule has 0 aliphatic rings. The fraction of sp³-hybridized carbons (Fsp3) is 0.357. The van der Waals surface area contributed by atoms with E-state index in [4.69, 9.17) is 0 Å². The van der Waals surface area contributed by atoms with Gasteiger partial charge >= 0.3 is 0 Å². The Morgan fingerprint density at radius 3 is 2.47 bits per heavy atom. The van der Waals surface area contributed by atoms with Crippen molar-refractivity contribution in [3.63, 3.8) is 0 Å². The van der Waals surface area contributed by atoms with E-state index in [1.807, 2.05) is 37.8 Å². The van der Waals surface area contributed by atoms with Gasteiger partial charge in [-0.15, -0.1) is 11.3 Å². The number of rotatable bonds is 3. The van der Waals surface area contributed by atoms with E-state index in [0.717, 1.165) is 23.5 Å². The SMILES string of the molecule is CCN(CC)C(=O)c1sc2ccccc2c1C. The lowest BCUT2D eigenvalue weighted by Crippen LogP contribution is -2.30. The van der Waals surface area contributed by atoms with Crippen LogP contribution >= 0.6 is 11.3 Å². The molecule has 0 bridgehead atoms. The Labute approximate surface area is 106 Å². The van der Waals surface area contributed by atoms with Crippen LogP contribution < -0.4 is 0 Å². The first-order valence-electron chi connectivity index (χ1n) is 5.96. The monoisotopic (exact) mass is 247 g/mol. The molecule has 0 saturated heterocycles. The molecule has 0 unspecified atom stereocenters. The number of fused-ring (bicyclic) bond motifs is 1. The Hall–Kier alpha value is -1.35. The molecule has 1 amide bonds. The van der Waals surface area contributed by atoms with Crippen LogP contribution in [0.2, 0.25) is 0 Å². The zero-order valence-electron chi connectivity index (χ0n) is 10.5. The van der Waals surface area contributed by atoms with Crippen molar-refractivity contribution in [1.29, 1.82) is 0 Å². The average Bonchev–Trinajstić information content (AvgIpc) is 2.69. The van der Waals surface area contributed by atoms with Gasteiger partial charge in [-0.05, 0) is 37.8 Å².